The molecule has 1 saturated heterocycles. The van der Waals surface area contributed by atoms with E-state index in [1.54, 1.807) is 12.1 Å². The van der Waals surface area contributed by atoms with Crippen molar-refractivity contribution in [2.45, 2.75) is 37.6 Å². The van der Waals surface area contributed by atoms with Gasteiger partial charge in [0.15, 0.2) is 18.0 Å². The lowest BCUT2D eigenvalue weighted by Crippen LogP contribution is -3.13. The van der Waals surface area contributed by atoms with Crippen LogP contribution in [-0.4, -0.2) is 70.1 Å². The number of carbonyl (C=O) groups excluding carboxylic acids is 1. The van der Waals surface area contributed by atoms with Crippen molar-refractivity contribution in [1.82, 2.24) is 9.62 Å². The number of amides is 1. The van der Waals surface area contributed by atoms with Crippen molar-refractivity contribution >= 4 is 15.9 Å². The number of sulfonamides is 1. The van der Waals surface area contributed by atoms with Gasteiger partial charge in [0, 0.05) is 24.6 Å². The van der Waals surface area contributed by atoms with Crippen LogP contribution in [0.5, 0.6) is 11.5 Å². The van der Waals surface area contributed by atoms with E-state index in [-0.39, 0.29) is 16.3 Å². The zero-order chi connectivity index (χ0) is 20.4. The summed E-state index contributed by atoms with van der Waals surface area (Å²) >= 11 is 0. The molecular weight excluding hydrogens is 382 g/mol. The van der Waals surface area contributed by atoms with E-state index in [0.717, 1.165) is 11.4 Å². The van der Waals surface area contributed by atoms with Crippen LogP contribution in [0.3, 0.4) is 0 Å². The van der Waals surface area contributed by atoms with Crippen LogP contribution in [0.1, 0.15) is 27.2 Å². The maximum Gasteiger partial charge on any atom is 0.275 e. The number of hydrogen-bond acceptors (Lipinski definition) is 5. The van der Waals surface area contributed by atoms with Gasteiger partial charge in [0.1, 0.15) is 13.2 Å². The van der Waals surface area contributed by atoms with Crippen molar-refractivity contribution in [2.24, 2.45) is 0 Å². The molecule has 9 heteroatoms. The number of nitrogens with zero attached hydrogens (tertiary/aromatic N) is 1. The summed E-state index contributed by atoms with van der Waals surface area (Å²) in [5.41, 5.74) is -0.268. The lowest BCUT2D eigenvalue weighted by molar-refractivity contribution is -0.889. The summed E-state index contributed by atoms with van der Waals surface area (Å²) in [6.07, 6.45) is 0.710. The molecule has 1 fully saturated rings. The molecule has 0 bridgehead atoms. The molecule has 156 valence electrons. The molecule has 1 amide bonds. The van der Waals surface area contributed by atoms with Gasteiger partial charge in [-0.05, 0) is 32.9 Å². The first-order valence-corrected chi connectivity index (χ1v) is 11.1. The Kier molecular flexibility index (Phi) is 6.16. The molecule has 0 spiro atoms. The van der Waals surface area contributed by atoms with E-state index < -0.39 is 10.0 Å². The fraction of sp³-hybridized carbons (Fsp3) is 0.632. The topological polar surface area (TPSA) is 89.4 Å². The number of carbonyl (C=O) groups is 1. The van der Waals surface area contributed by atoms with Crippen LogP contribution in [0, 0.1) is 0 Å². The van der Waals surface area contributed by atoms with Crippen molar-refractivity contribution in [3.8, 4) is 11.5 Å². The molecular formula is C19H30N3O5S+. The van der Waals surface area contributed by atoms with Gasteiger partial charge in [0.2, 0.25) is 10.0 Å². The first kappa shape index (κ1) is 20.9. The highest BCUT2D eigenvalue weighted by atomic mass is 32.2. The van der Waals surface area contributed by atoms with Gasteiger partial charge < -0.3 is 19.7 Å². The Morgan fingerprint density at radius 2 is 1.86 bits per heavy atom. The van der Waals surface area contributed by atoms with Crippen LogP contribution in [0.2, 0.25) is 0 Å². The van der Waals surface area contributed by atoms with Gasteiger partial charge in [-0.1, -0.05) is 0 Å². The van der Waals surface area contributed by atoms with Gasteiger partial charge >= 0.3 is 0 Å². The fourth-order valence-electron chi connectivity index (χ4n) is 3.46. The highest BCUT2D eigenvalue weighted by Crippen LogP contribution is 2.33. The minimum Gasteiger partial charge on any atom is -0.486 e. The Bertz CT molecular complexity index is 819. The van der Waals surface area contributed by atoms with Crippen LogP contribution >= 0.6 is 0 Å². The third-order valence-corrected chi connectivity index (χ3v) is 6.62. The highest BCUT2D eigenvalue weighted by molar-refractivity contribution is 7.89. The second-order valence-electron chi connectivity index (χ2n) is 8.29. The lowest BCUT2D eigenvalue weighted by Gasteiger charge is -2.23. The summed E-state index contributed by atoms with van der Waals surface area (Å²) < 4.78 is 38.7. The van der Waals surface area contributed by atoms with Gasteiger partial charge in [0.25, 0.3) is 5.91 Å². The van der Waals surface area contributed by atoms with Gasteiger partial charge in [0.05, 0.1) is 24.5 Å². The summed E-state index contributed by atoms with van der Waals surface area (Å²) in [7, 11) is -3.62. The predicted molar refractivity (Wildman–Crippen MR) is 104 cm³/mol. The molecule has 2 aliphatic rings. The van der Waals surface area contributed by atoms with Crippen LogP contribution in [0.25, 0.3) is 0 Å². The number of ether oxygens (including phenoxy) is 2. The number of nitrogens with one attached hydrogen (secondary N) is 2. The second-order valence-corrected chi connectivity index (χ2v) is 10.2. The Morgan fingerprint density at radius 3 is 2.57 bits per heavy atom. The van der Waals surface area contributed by atoms with Crippen LogP contribution in [-0.2, 0) is 14.8 Å². The molecule has 1 unspecified atom stereocenters. The van der Waals surface area contributed by atoms with E-state index in [9.17, 15) is 13.2 Å². The highest BCUT2D eigenvalue weighted by Gasteiger charge is 2.30. The molecule has 2 heterocycles. The summed E-state index contributed by atoms with van der Waals surface area (Å²) in [6.45, 7) is 9.28. The average Bonchev–Trinajstić information content (AvgIpc) is 2.85. The molecule has 0 radical (unpaired) electrons. The van der Waals surface area contributed by atoms with E-state index in [1.165, 1.54) is 10.4 Å². The third kappa shape index (κ3) is 5.15. The molecule has 0 saturated carbocycles. The third-order valence-electron chi connectivity index (χ3n) is 4.73. The Labute approximate surface area is 166 Å². The number of rotatable bonds is 4. The minimum atomic E-state index is -3.62. The standard InChI is InChI=1S/C19H29N3O5S/c1-19(2,3)20-18(23)14-21-7-4-8-22(10-9-21)28(24,25)15-5-6-16-17(13-15)27-12-11-26-16/h5-6,13H,4,7-12,14H2,1-3H3,(H,20,23)/p+1. The van der Waals surface area contributed by atoms with E-state index >= 15 is 0 Å². The minimum absolute atomic E-state index is 0.00866. The van der Waals surface area contributed by atoms with E-state index in [0.29, 0.717) is 57.3 Å². The average molecular weight is 413 g/mol. The summed E-state index contributed by atoms with van der Waals surface area (Å²) in [5, 5.41) is 2.97. The number of quaternary nitrogens is 1. The Morgan fingerprint density at radius 1 is 1.14 bits per heavy atom. The summed E-state index contributed by atoms with van der Waals surface area (Å²) in [4.78, 5) is 13.5. The molecule has 28 heavy (non-hydrogen) atoms. The molecule has 8 nitrogen and oxygen atoms in total. The molecule has 2 aliphatic heterocycles. The molecule has 0 aliphatic carbocycles. The Balaban J connectivity index is 1.65. The van der Waals surface area contributed by atoms with Gasteiger partial charge in [-0.25, -0.2) is 8.42 Å². The van der Waals surface area contributed by atoms with Crippen molar-refractivity contribution in [3.63, 3.8) is 0 Å². The molecule has 0 aromatic heterocycles. The number of benzene rings is 1. The molecule has 1 aromatic carbocycles. The second kappa shape index (κ2) is 8.26. The predicted octanol–water partition coefficient (Wildman–Crippen LogP) is -0.348. The van der Waals surface area contributed by atoms with Crippen molar-refractivity contribution < 1.29 is 27.6 Å². The largest absolute Gasteiger partial charge is 0.486 e. The first-order valence-electron chi connectivity index (χ1n) is 9.69. The van der Waals surface area contributed by atoms with Crippen molar-refractivity contribution in [2.75, 3.05) is 45.9 Å². The van der Waals surface area contributed by atoms with Gasteiger partial charge in [-0.2, -0.15) is 4.31 Å². The number of hydrogen-bond donors (Lipinski definition) is 2. The van der Waals surface area contributed by atoms with Crippen LogP contribution in [0.4, 0.5) is 0 Å². The Hall–Kier alpha value is -1.84. The number of fused-ring (bicyclic) bond motifs is 1. The SMILES string of the molecule is CC(C)(C)NC(=O)C[NH+]1CCCN(S(=O)(=O)c2ccc3c(c2)OCCO3)CC1. The van der Waals surface area contributed by atoms with Crippen LogP contribution < -0.4 is 19.7 Å². The maximum absolute atomic E-state index is 13.1. The van der Waals surface area contributed by atoms with Gasteiger partial charge in [-0.15, -0.1) is 0 Å². The smallest absolute Gasteiger partial charge is 0.275 e. The zero-order valence-corrected chi connectivity index (χ0v) is 17.6. The van der Waals surface area contributed by atoms with Crippen molar-refractivity contribution in [3.05, 3.63) is 18.2 Å². The monoisotopic (exact) mass is 412 g/mol. The molecule has 3 rings (SSSR count). The lowest BCUT2D eigenvalue weighted by atomic mass is 10.1. The van der Waals surface area contributed by atoms with Gasteiger partial charge in [-0.3, -0.25) is 4.79 Å². The molecule has 1 aromatic rings. The zero-order valence-electron chi connectivity index (χ0n) is 16.8. The summed E-state index contributed by atoms with van der Waals surface area (Å²) in [5.74, 6) is 1.03. The normalized spacial score (nSPS) is 21.0. The molecule has 2 N–H and O–H groups in total. The van der Waals surface area contributed by atoms with E-state index in [2.05, 4.69) is 5.32 Å². The maximum atomic E-state index is 13.1. The quantitative estimate of drug-likeness (QED) is 0.706. The summed E-state index contributed by atoms with van der Waals surface area (Å²) in [6, 6.07) is 4.75. The van der Waals surface area contributed by atoms with Crippen molar-refractivity contribution in [1.29, 1.82) is 0 Å². The van der Waals surface area contributed by atoms with E-state index in [1.807, 2.05) is 20.8 Å². The van der Waals surface area contributed by atoms with E-state index in [4.69, 9.17) is 9.47 Å². The first-order chi connectivity index (χ1) is 13.1. The van der Waals surface area contributed by atoms with Crippen LogP contribution in [0.15, 0.2) is 23.1 Å². The molecule has 1 atom stereocenters. The fourth-order valence-corrected chi connectivity index (χ4v) is 4.96.